The quantitative estimate of drug-likeness (QED) is 0.786. The molecule has 4 rings (SSSR count). The Morgan fingerprint density at radius 1 is 1.55 bits per heavy atom. The van der Waals surface area contributed by atoms with Gasteiger partial charge in [0.2, 0.25) is 0 Å². The van der Waals surface area contributed by atoms with Crippen molar-refractivity contribution >= 4 is 0 Å². The van der Waals surface area contributed by atoms with Crippen LogP contribution in [0.25, 0.3) is 0 Å². The van der Waals surface area contributed by atoms with Gasteiger partial charge in [-0.05, 0) is 68.2 Å². The Hall–Kier alpha value is -1.02. The molecule has 0 radical (unpaired) electrons. The summed E-state index contributed by atoms with van der Waals surface area (Å²) < 4.78 is 174. The van der Waals surface area contributed by atoms with Crippen LogP contribution in [0.3, 0.4) is 0 Å². The highest BCUT2D eigenvalue weighted by atomic mass is 16.5. The Labute approximate surface area is 150 Å². The number of hydrogen-bond acceptors (Lipinski definition) is 2. The molecule has 2 fully saturated rings. The molecule has 3 aliphatic rings. The van der Waals surface area contributed by atoms with E-state index < -0.39 is 111 Å². The van der Waals surface area contributed by atoms with Crippen LogP contribution in [0, 0.1) is 5.89 Å². The Morgan fingerprint density at radius 3 is 3.45 bits per heavy atom. The summed E-state index contributed by atoms with van der Waals surface area (Å²) in [5, 5.41) is 0. The average Bonchev–Trinajstić information content (AvgIpc) is 2.75. The molecule has 20 heavy (non-hydrogen) atoms. The molecule has 108 valence electrons. The Balaban J connectivity index is 2.36. The van der Waals surface area contributed by atoms with Gasteiger partial charge in [-0.2, -0.15) is 0 Å². The molecule has 2 bridgehead atoms. The summed E-state index contributed by atoms with van der Waals surface area (Å²) in [6.07, 6.45) is -19.5. The lowest BCUT2D eigenvalue weighted by atomic mass is 9.52. The molecule has 0 spiro atoms. The second-order valence-corrected chi connectivity index (χ2v) is 4.87. The SMILES string of the molecule is [2H]c1c([2H])c2c(c([2H])c1OC([2H])([2H])[2H])[C@@]13CCN(C([2H])([2H])[2H])C(C2([2H])[2H])[C@@]1([2H])C([2H])([2H])C([2H])([2H])C([2H])([2H])C3([2H])[2H]. The zero-order valence-corrected chi connectivity index (χ0v) is 10.3. The van der Waals surface area contributed by atoms with Gasteiger partial charge in [0, 0.05) is 30.6 Å². The smallest absolute Gasteiger partial charge is 0.119 e. The first-order chi connectivity index (χ1) is 17.5. The van der Waals surface area contributed by atoms with Crippen LogP contribution < -0.4 is 4.74 Å². The number of benzene rings is 1. The molecule has 0 aromatic heterocycles. The van der Waals surface area contributed by atoms with E-state index in [1.807, 2.05) is 0 Å². The lowest BCUT2D eigenvalue weighted by Gasteiger charge is -2.58. The maximum Gasteiger partial charge on any atom is 0.119 e. The molecule has 1 saturated heterocycles. The topological polar surface area (TPSA) is 12.5 Å². The molecule has 3 atom stereocenters. The van der Waals surface area contributed by atoms with Crippen molar-refractivity contribution < 1.29 is 32.2 Å². The minimum absolute atomic E-state index is 0.381. The fourth-order valence-corrected chi connectivity index (χ4v) is 2.96. The van der Waals surface area contributed by atoms with Gasteiger partial charge < -0.3 is 9.64 Å². The van der Waals surface area contributed by atoms with E-state index in [-0.39, 0.29) is 0 Å². The molecule has 1 aliphatic heterocycles. The minimum Gasteiger partial charge on any atom is -0.497 e. The van der Waals surface area contributed by atoms with Crippen LogP contribution in [0.4, 0.5) is 0 Å². The van der Waals surface area contributed by atoms with Crippen molar-refractivity contribution in [3.05, 3.63) is 29.3 Å². The van der Waals surface area contributed by atoms with Gasteiger partial charge in [0.05, 0.1) is 15.3 Å². The highest BCUT2D eigenvalue weighted by Crippen LogP contribution is 2.55. The summed E-state index contributed by atoms with van der Waals surface area (Å²) in [4.78, 5) is 0.381. The third-order valence-corrected chi connectivity index (χ3v) is 3.91. The number of rotatable bonds is 1. The van der Waals surface area contributed by atoms with Gasteiger partial charge in [-0.25, -0.2) is 0 Å². The second-order valence-electron chi connectivity index (χ2n) is 4.87. The number of piperidine rings is 1. The van der Waals surface area contributed by atoms with E-state index in [1.54, 1.807) is 0 Å². The van der Waals surface area contributed by atoms with Crippen LogP contribution in [0.2, 0.25) is 0 Å². The highest BCUT2D eigenvalue weighted by Gasteiger charge is 2.53. The number of nitrogens with zero attached hydrogens (tertiary/aromatic N) is 1. The zero-order valence-electron chi connectivity index (χ0n) is 30.3. The predicted octanol–water partition coefficient (Wildman–Crippen LogP) is 3.38. The van der Waals surface area contributed by atoms with Crippen LogP contribution in [0.15, 0.2) is 18.1 Å². The molecule has 2 nitrogen and oxygen atoms in total. The first kappa shape index (κ1) is 3.48. The predicted molar refractivity (Wildman–Crippen MR) is 81.4 cm³/mol. The normalized spacial score (nSPS) is 68.3. The number of methoxy groups -OCH3 is 1. The van der Waals surface area contributed by atoms with Crippen molar-refractivity contribution in [1.29, 1.82) is 0 Å². The maximum atomic E-state index is 9.55. The molecular formula is C18H25NO. The van der Waals surface area contributed by atoms with Crippen molar-refractivity contribution in [2.75, 3.05) is 20.6 Å². The molecule has 1 saturated carbocycles. The van der Waals surface area contributed by atoms with Gasteiger partial charge in [-0.1, -0.05) is 18.8 Å². The fraction of sp³-hybridized carbons (Fsp3) is 0.667. The number of ether oxygens (including phenoxy) is 1. The molecule has 0 amide bonds. The van der Waals surface area contributed by atoms with Gasteiger partial charge in [0.15, 0.2) is 0 Å². The van der Waals surface area contributed by atoms with Crippen molar-refractivity contribution in [3.63, 3.8) is 0 Å². The lowest BCUT2D eigenvalue weighted by Crippen LogP contribution is -2.59. The van der Waals surface area contributed by atoms with E-state index in [1.165, 1.54) is 0 Å². The Morgan fingerprint density at radius 2 is 2.55 bits per heavy atom. The van der Waals surface area contributed by atoms with Gasteiger partial charge in [-0.3, -0.25) is 0 Å². The van der Waals surface area contributed by atoms with Gasteiger partial charge in [-0.15, -0.1) is 0 Å². The summed E-state index contributed by atoms with van der Waals surface area (Å²) in [7, 11) is -3.34. The molecule has 0 N–H and O–H groups in total. The summed E-state index contributed by atoms with van der Waals surface area (Å²) in [5.74, 6) is -4.69. The summed E-state index contributed by atoms with van der Waals surface area (Å²) in [6, 6.07) is -6.08. The van der Waals surface area contributed by atoms with Crippen molar-refractivity contribution in [2.24, 2.45) is 5.89 Å². The fourth-order valence-electron chi connectivity index (χ4n) is 2.96. The van der Waals surface area contributed by atoms with Gasteiger partial charge >= 0.3 is 0 Å². The van der Waals surface area contributed by atoms with Gasteiger partial charge in [0.1, 0.15) is 5.75 Å². The van der Waals surface area contributed by atoms with E-state index in [9.17, 15) is 1.37 Å². The monoisotopic (exact) mass is 291 g/mol. The number of likely N-dealkylation sites (tertiary alicyclic amines) is 1. The largest absolute Gasteiger partial charge is 0.497 e. The number of fused-ring (bicyclic) bond motifs is 1. The maximum absolute atomic E-state index is 9.55. The summed E-state index contributed by atoms with van der Waals surface area (Å²) in [5.41, 5.74) is -5.11. The average molecular weight is 292 g/mol. The third kappa shape index (κ3) is 1.60. The second kappa shape index (κ2) is 4.49. The first-order valence-electron chi connectivity index (χ1n) is 16.1. The van der Waals surface area contributed by atoms with Crippen LogP contribution >= 0.6 is 0 Å². The number of likely N-dealkylation sites (N-methyl/N-ethyl adjacent to an activating group) is 1. The molecule has 2 aliphatic carbocycles. The molecule has 1 aromatic rings. The van der Waals surface area contributed by atoms with E-state index in [2.05, 4.69) is 0 Å². The van der Waals surface area contributed by atoms with Crippen LogP contribution in [-0.4, -0.2) is 31.5 Å². The van der Waals surface area contributed by atoms with E-state index >= 15 is 0 Å². The molecule has 1 aromatic carbocycles. The Bertz CT molecular complexity index is 1270. The van der Waals surface area contributed by atoms with Crippen molar-refractivity contribution in [1.82, 2.24) is 4.90 Å². The number of hydrogen-bond donors (Lipinski definition) is 0. The Kier molecular flexibility index (Phi) is 0.782. The van der Waals surface area contributed by atoms with E-state index in [4.69, 9.17) is 30.8 Å². The third-order valence-electron chi connectivity index (χ3n) is 3.91. The summed E-state index contributed by atoms with van der Waals surface area (Å²) >= 11 is 0. The first-order valence-corrected chi connectivity index (χ1v) is 6.14. The van der Waals surface area contributed by atoms with Crippen LogP contribution in [-0.2, 0) is 11.8 Å². The zero-order chi connectivity index (χ0) is 31.2. The minimum atomic E-state index is -3.88. The van der Waals surface area contributed by atoms with E-state index in [0.29, 0.717) is 4.90 Å². The molecular weight excluding hydrogens is 246 g/mol. The highest BCUT2D eigenvalue weighted by molar-refractivity contribution is 5.45. The van der Waals surface area contributed by atoms with Crippen molar-refractivity contribution in [2.45, 2.75) is 49.7 Å². The van der Waals surface area contributed by atoms with Crippen molar-refractivity contribution in [3.8, 4) is 5.75 Å². The molecule has 1 heterocycles. The van der Waals surface area contributed by atoms with E-state index in [0.717, 1.165) is 0 Å². The standard InChI is InChI=1S/C18H25NO/c1-19-10-9-18-8-4-3-5-15(18)17(19)11-13-6-7-14(20-2)12-16(13)18/h6-7,12,15,17H,3-5,8-11H2,1-2H3/t15-,17?,18+/m1/s1/i1D3,2D3,3D2,4D2,5D2,6D,7D,8D2,11D2,12D,15D. The molecule has 2 heteroatoms. The van der Waals surface area contributed by atoms with Gasteiger partial charge in [0.25, 0.3) is 0 Å². The van der Waals surface area contributed by atoms with Crippen LogP contribution in [0.1, 0.15) is 70.5 Å². The molecule has 1 unspecified atom stereocenters. The lowest BCUT2D eigenvalue weighted by molar-refractivity contribution is 0.00274. The van der Waals surface area contributed by atoms with Crippen LogP contribution in [0.5, 0.6) is 5.75 Å². The summed E-state index contributed by atoms with van der Waals surface area (Å²) in [6.45, 7) is -4.05.